The number of carbonyl (C=O) groups is 2. The van der Waals surface area contributed by atoms with Crippen LogP contribution in [0.4, 0.5) is 0 Å². The molecule has 1 heterocycles. The van der Waals surface area contributed by atoms with E-state index in [4.69, 9.17) is 19.2 Å². The van der Waals surface area contributed by atoms with Crippen molar-refractivity contribution in [3.05, 3.63) is 40.9 Å². The number of hydrogen-bond donors (Lipinski definition) is 2. The second-order valence-corrected chi connectivity index (χ2v) is 7.89. The lowest BCUT2D eigenvalue weighted by Gasteiger charge is -2.32. The fourth-order valence-electron chi connectivity index (χ4n) is 2.77. The van der Waals surface area contributed by atoms with Crippen molar-refractivity contribution in [2.24, 2.45) is 0 Å². The highest BCUT2D eigenvalue weighted by Crippen LogP contribution is 2.38. The summed E-state index contributed by atoms with van der Waals surface area (Å²) in [5.41, 5.74) is 1.14. The summed E-state index contributed by atoms with van der Waals surface area (Å²) in [6.07, 6.45) is 4.40. The van der Waals surface area contributed by atoms with E-state index in [-0.39, 0.29) is 12.5 Å². The van der Waals surface area contributed by atoms with E-state index in [1.165, 1.54) is 20.1 Å². The van der Waals surface area contributed by atoms with Gasteiger partial charge in [-0.05, 0) is 56.9 Å². The first-order chi connectivity index (χ1) is 13.4. The average Bonchev–Trinajstić information content (AvgIpc) is 2.84. The summed E-state index contributed by atoms with van der Waals surface area (Å²) in [5, 5.41) is 11.7. The van der Waals surface area contributed by atoms with Gasteiger partial charge in [0.25, 0.3) is 0 Å². The van der Waals surface area contributed by atoms with E-state index < -0.39 is 24.3 Å². The Bertz CT molecular complexity index is 828. The van der Waals surface area contributed by atoms with E-state index in [0.29, 0.717) is 11.3 Å². The third-order valence-electron chi connectivity index (χ3n) is 5.11. The minimum atomic E-state index is -1.04. The van der Waals surface area contributed by atoms with Crippen LogP contribution in [0.5, 0.6) is 5.75 Å². The van der Waals surface area contributed by atoms with Gasteiger partial charge in [-0.15, -0.1) is 0 Å². The van der Waals surface area contributed by atoms with Crippen molar-refractivity contribution in [2.45, 2.75) is 45.8 Å². The lowest BCUT2D eigenvalue weighted by Crippen LogP contribution is -2.41. The predicted octanol–water partition coefficient (Wildman–Crippen LogP) is 2.94. The lowest BCUT2D eigenvalue weighted by molar-refractivity contribution is -0.131. The van der Waals surface area contributed by atoms with Gasteiger partial charge in [-0.1, -0.05) is 12.1 Å². The molecule has 156 valence electrons. The summed E-state index contributed by atoms with van der Waals surface area (Å²) in [6.45, 7) is 9.56. The zero-order valence-corrected chi connectivity index (χ0v) is 17.7. The second-order valence-electron chi connectivity index (χ2n) is 7.89. The molecule has 0 saturated carbocycles. The molecule has 8 heteroatoms. The quantitative estimate of drug-likeness (QED) is 0.539. The number of benzene rings is 1. The monoisotopic (exact) mass is 401 g/mol. The van der Waals surface area contributed by atoms with Gasteiger partial charge >= 0.3 is 13.1 Å². The Morgan fingerprint density at radius 3 is 2.34 bits per heavy atom. The smallest absolute Gasteiger partial charge is 0.492 e. The molecule has 1 saturated heterocycles. The highest BCUT2D eigenvalue weighted by Gasteiger charge is 2.52. The minimum Gasteiger partial charge on any atom is -0.496 e. The summed E-state index contributed by atoms with van der Waals surface area (Å²) in [4.78, 5) is 22.3. The number of ether oxygens (including phenoxy) is 1. The van der Waals surface area contributed by atoms with Crippen molar-refractivity contribution in [3.8, 4) is 5.75 Å². The number of aliphatic carboxylic acids is 1. The highest BCUT2D eigenvalue weighted by molar-refractivity contribution is 6.56. The molecule has 0 bridgehead atoms. The molecule has 1 aliphatic heterocycles. The molecule has 0 aliphatic carbocycles. The summed E-state index contributed by atoms with van der Waals surface area (Å²) in [6, 6.07) is 5.40. The van der Waals surface area contributed by atoms with Crippen LogP contribution >= 0.6 is 0 Å². The molecule has 0 spiro atoms. The normalized spacial score (nSPS) is 18.1. The van der Waals surface area contributed by atoms with Gasteiger partial charge in [-0.2, -0.15) is 0 Å². The largest absolute Gasteiger partial charge is 0.496 e. The molecular formula is C21H28BNO6. The molecule has 1 aromatic carbocycles. The zero-order chi connectivity index (χ0) is 21.8. The van der Waals surface area contributed by atoms with E-state index >= 15 is 0 Å². The Hall–Kier alpha value is -2.58. The molecule has 1 amide bonds. The molecule has 7 nitrogen and oxygen atoms in total. The first kappa shape index (κ1) is 22.7. The first-order valence-corrected chi connectivity index (χ1v) is 9.35. The van der Waals surface area contributed by atoms with Crippen LogP contribution in [0.15, 0.2) is 29.7 Å². The van der Waals surface area contributed by atoms with Gasteiger partial charge < -0.3 is 24.5 Å². The summed E-state index contributed by atoms with van der Waals surface area (Å²) >= 11 is 0. The Labute approximate surface area is 171 Å². The van der Waals surface area contributed by atoms with Crippen LogP contribution in [-0.2, 0) is 18.9 Å². The van der Waals surface area contributed by atoms with E-state index in [1.54, 1.807) is 12.1 Å². The SMILES string of the molecule is COc1ccc(C=C(CNC(C)=O)B2OC(C)(C)C(C)(C)O2)cc1/C=C/C(=O)O. The van der Waals surface area contributed by atoms with Crippen LogP contribution in [0.2, 0.25) is 0 Å². The van der Waals surface area contributed by atoms with Crippen LogP contribution in [0.25, 0.3) is 12.2 Å². The van der Waals surface area contributed by atoms with Crippen LogP contribution in [0, 0.1) is 0 Å². The maximum atomic E-state index is 11.5. The molecule has 29 heavy (non-hydrogen) atoms. The van der Waals surface area contributed by atoms with Crippen molar-refractivity contribution < 1.29 is 28.7 Å². The topological polar surface area (TPSA) is 94.1 Å². The Morgan fingerprint density at radius 2 is 1.83 bits per heavy atom. The van der Waals surface area contributed by atoms with E-state index in [9.17, 15) is 9.59 Å². The van der Waals surface area contributed by atoms with Crippen molar-refractivity contribution in [1.82, 2.24) is 5.32 Å². The number of hydrogen-bond acceptors (Lipinski definition) is 5. The van der Waals surface area contributed by atoms with Crippen LogP contribution < -0.4 is 10.1 Å². The van der Waals surface area contributed by atoms with Crippen molar-refractivity contribution in [3.63, 3.8) is 0 Å². The van der Waals surface area contributed by atoms with Gasteiger partial charge in [0.05, 0.1) is 18.3 Å². The average molecular weight is 401 g/mol. The predicted molar refractivity (Wildman–Crippen MR) is 112 cm³/mol. The molecule has 2 N–H and O–H groups in total. The van der Waals surface area contributed by atoms with Crippen LogP contribution in [0.1, 0.15) is 45.7 Å². The number of rotatable bonds is 7. The van der Waals surface area contributed by atoms with E-state index in [1.807, 2.05) is 39.8 Å². The third-order valence-corrected chi connectivity index (χ3v) is 5.11. The highest BCUT2D eigenvalue weighted by atomic mass is 16.7. The van der Waals surface area contributed by atoms with Gasteiger partial charge in [-0.25, -0.2) is 4.79 Å². The second kappa shape index (κ2) is 8.84. The van der Waals surface area contributed by atoms with Gasteiger partial charge in [-0.3, -0.25) is 4.79 Å². The molecule has 1 aromatic rings. The number of carboxylic acid groups (broad SMARTS) is 1. The van der Waals surface area contributed by atoms with Crippen molar-refractivity contribution in [1.29, 1.82) is 0 Å². The summed E-state index contributed by atoms with van der Waals surface area (Å²) in [7, 11) is 0.905. The molecule has 2 rings (SSSR count). The number of carboxylic acids is 1. The molecule has 1 fully saturated rings. The molecular weight excluding hydrogens is 373 g/mol. The maximum absolute atomic E-state index is 11.5. The van der Waals surface area contributed by atoms with Gasteiger partial charge in [0, 0.05) is 25.1 Å². The zero-order valence-electron chi connectivity index (χ0n) is 17.7. The molecule has 0 radical (unpaired) electrons. The number of amides is 1. The standard InChI is InChI=1S/C21H28BNO6/c1-14(24)23-13-17(22-28-20(2,3)21(4,5)29-22)12-15-7-9-18(27-6)16(11-15)8-10-19(25)26/h7-12H,13H2,1-6H3,(H,23,24)(H,25,26)/b10-8+,17-12?. The molecule has 0 unspecified atom stereocenters. The van der Waals surface area contributed by atoms with Crippen molar-refractivity contribution in [2.75, 3.05) is 13.7 Å². The fraction of sp³-hybridized carbons (Fsp3) is 0.429. The van der Waals surface area contributed by atoms with Crippen molar-refractivity contribution >= 4 is 31.1 Å². The Morgan fingerprint density at radius 1 is 1.21 bits per heavy atom. The summed E-state index contributed by atoms with van der Waals surface area (Å²) in [5.74, 6) is -0.650. The minimum absolute atomic E-state index is 0.160. The summed E-state index contributed by atoms with van der Waals surface area (Å²) < 4.78 is 17.6. The third kappa shape index (κ3) is 5.71. The maximum Gasteiger partial charge on any atom is 0.492 e. The Balaban J connectivity index is 2.42. The van der Waals surface area contributed by atoms with Crippen LogP contribution in [-0.4, -0.2) is 49.0 Å². The molecule has 0 aromatic heterocycles. The Kier molecular flexibility index (Phi) is 6.92. The first-order valence-electron chi connectivity index (χ1n) is 9.35. The van der Waals surface area contributed by atoms with Gasteiger partial charge in [0.2, 0.25) is 5.91 Å². The van der Waals surface area contributed by atoms with E-state index in [2.05, 4.69) is 5.32 Å². The van der Waals surface area contributed by atoms with E-state index in [0.717, 1.165) is 17.1 Å². The van der Waals surface area contributed by atoms with Gasteiger partial charge in [0.1, 0.15) is 5.75 Å². The van der Waals surface area contributed by atoms with Gasteiger partial charge in [0.15, 0.2) is 0 Å². The van der Waals surface area contributed by atoms with Crippen LogP contribution in [0.3, 0.4) is 0 Å². The number of carbonyl (C=O) groups excluding carboxylic acids is 1. The molecule has 0 atom stereocenters. The fourth-order valence-corrected chi connectivity index (χ4v) is 2.77. The number of nitrogens with one attached hydrogen (secondary N) is 1. The number of methoxy groups -OCH3 is 1. The molecule has 1 aliphatic rings. The lowest BCUT2D eigenvalue weighted by atomic mass is 9.77.